The van der Waals surface area contributed by atoms with Gasteiger partial charge in [0.25, 0.3) is 5.91 Å². The van der Waals surface area contributed by atoms with Gasteiger partial charge in [0.05, 0.1) is 12.1 Å². The molecule has 1 amide bonds. The lowest BCUT2D eigenvalue weighted by Crippen LogP contribution is -2.58. The van der Waals surface area contributed by atoms with Gasteiger partial charge in [-0.25, -0.2) is 0 Å². The molecule has 2 heterocycles. The van der Waals surface area contributed by atoms with Crippen LogP contribution in [0.2, 0.25) is 0 Å². The second-order valence-corrected chi connectivity index (χ2v) is 7.98. The number of carbonyl (C=O) groups excluding carboxylic acids is 1. The van der Waals surface area contributed by atoms with Crippen molar-refractivity contribution in [1.29, 1.82) is 0 Å². The molecule has 2 aliphatic heterocycles. The number of carbonyl (C=O) groups is 1. The molecule has 2 aliphatic rings. The highest BCUT2D eigenvalue weighted by Gasteiger charge is 2.42. The lowest BCUT2D eigenvalue weighted by atomic mass is 9.88. The van der Waals surface area contributed by atoms with Crippen LogP contribution in [-0.2, 0) is 16.1 Å². The number of piperidine rings is 1. The van der Waals surface area contributed by atoms with Gasteiger partial charge in [-0.1, -0.05) is 36.4 Å². The lowest BCUT2D eigenvalue weighted by molar-refractivity contribution is -0.144. The first kappa shape index (κ1) is 18.2. The van der Waals surface area contributed by atoms with Gasteiger partial charge in [-0.3, -0.25) is 9.69 Å². The van der Waals surface area contributed by atoms with Crippen molar-refractivity contribution >= 4 is 11.6 Å². The number of amides is 1. The van der Waals surface area contributed by atoms with Gasteiger partial charge in [0.1, 0.15) is 6.61 Å². The maximum atomic E-state index is 12.4. The third-order valence-electron chi connectivity index (χ3n) is 6.06. The minimum atomic E-state index is -0.205. The van der Waals surface area contributed by atoms with E-state index in [2.05, 4.69) is 36.9 Å². The zero-order valence-corrected chi connectivity index (χ0v) is 16.3. The Bertz CT molecular complexity index is 810. The monoisotopic (exact) mass is 364 g/mol. The number of hydrogen-bond donors (Lipinski definition) is 0. The van der Waals surface area contributed by atoms with E-state index in [0.29, 0.717) is 6.54 Å². The summed E-state index contributed by atoms with van der Waals surface area (Å²) in [5, 5.41) is 0. The van der Waals surface area contributed by atoms with Crippen molar-refractivity contribution in [2.75, 3.05) is 31.1 Å². The molecule has 4 nitrogen and oxygen atoms in total. The summed E-state index contributed by atoms with van der Waals surface area (Å²) in [6.45, 7) is 8.17. The Morgan fingerprint density at radius 2 is 1.74 bits per heavy atom. The number of ether oxygens (including phenoxy) is 1. The first-order valence-corrected chi connectivity index (χ1v) is 9.83. The molecular weight excluding hydrogens is 336 g/mol. The Morgan fingerprint density at radius 3 is 2.44 bits per heavy atom. The summed E-state index contributed by atoms with van der Waals surface area (Å²) in [6, 6.07) is 16.7. The van der Waals surface area contributed by atoms with Crippen molar-refractivity contribution < 1.29 is 9.53 Å². The van der Waals surface area contributed by atoms with Crippen molar-refractivity contribution in [1.82, 2.24) is 4.90 Å². The van der Waals surface area contributed by atoms with Crippen LogP contribution in [-0.4, -0.2) is 42.6 Å². The maximum absolute atomic E-state index is 12.4. The molecule has 142 valence electrons. The van der Waals surface area contributed by atoms with Crippen LogP contribution in [0.4, 0.5) is 5.69 Å². The molecule has 0 saturated carbocycles. The van der Waals surface area contributed by atoms with Crippen LogP contribution >= 0.6 is 0 Å². The molecule has 0 aliphatic carbocycles. The molecule has 0 bridgehead atoms. The molecule has 2 fully saturated rings. The minimum absolute atomic E-state index is 0.0596. The van der Waals surface area contributed by atoms with Gasteiger partial charge in [-0.15, -0.1) is 0 Å². The summed E-state index contributed by atoms with van der Waals surface area (Å²) < 4.78 is 6.09. The first-order valence-electron chi connectivity index (χ1n) is 9.83. The van der Waals surface area contributed by atoms with Crippen LogP contribution in [0, 0.1) is 13.8 Å². The zero-order valence-electron chi connectivity index (χ0n) is 16.3. The zero-order chi connectivity index (χ0) is 18.9. The van der Waals surface area contributed by atoms with Crippen LogP contribution in [0.3, 0.4) is 0 Å². The average Bonchev–Trinajstić information content (AvgIpc) is 2.69. The number of hydrogen-bond acceptors (Lipinski definition) is 3. The summed E-state index contributed by atoms with van der Waals surface area (Å²) in [6.07, 6.45) is 1.93. The van der Waals surface area contributed by atoms with E-state index in [1.807, 2.05) is 35.2 Å². The standard InChI is InChI=1S/C23H28N2O2/c1-18-8-9-20(14-19(18)2)15-24-12-10-23(11-13-24)17-25(22(26)16-27-23)21-6-4-3-5-7-21/h3-9,14H,10-13,15-17H2,1-2H3. The molecule has 0 unspecified atom stereocenters. The van der Waals surface area contributed by atoms with Crippen molar-refractivity contribution in [3.05, 3.63) is 65.2 Å². The second-order valence-electron chi connectivity index (χ2n) is 7.98. The summed E-state index contributed by atoms with van der Waals surface area (Å²) in [5.74, 6) is 0.0596. The summed E-state index contributed by atoms with van der Waals surface area (Å²) in [4.78, 5) is 16.8. The fourth-order valence-electron chi connectivity index (χ4n) is 4.14. The predicted molar refractivity (Wildman–Crippen MR) is 108 cm³/mol. The number of aryl methyl sites for hydroxylation is 2. The molecule has 27 heavy (non-hydrogen) atoms. The number of para-hydroxylation sites is 1. The van der Waals surface area contributed by atoms with E-state index < -0.39 is 0 Å². The number of benzene rings is 2. The summed E-state index contributed by atoms with van der Waals surface area (Å²) in [7, 11) is 0. The second kappa shape index (κ2) is 7.45. The predicted octanol–water partition coefficient (Wildman–Crippen LogP) is 3.70. The Hall–Kier alpha value is -2.17. The Kier molecular flexibility index (Phi) is 5.02. The molecule has 0 aromatic heterocycles. The molecule has 2 aromatic rings. The SMILES string of the molecule is Cc1ccc(CN2CCC3(CC2)CN(c2ccccc2)C(=O)CO3)cc1C. The third kappa shape index (κ3) is 3.92. The topological polar surface area (TPSA) is 32.8 Å². The van der Waals surface area contributed by atoms with E-state index in [9.17, 15) is 4.79 Å². The Morgan fingerprint density at radius 1 is 1.00 bits per heavy atom. The molecule has 4 rings (SSSR count). The van der Waals surface area contributed by atoms with Crippen LogP contribution < -0.4 is 4.90 Å². The lowest BCUT2D eigenvalue weighted by Gasteiger charge is -2.47. The van der Waals surface area contributed by atoms with Crippen LogP contribution in [0.5, 0.6) is 0 Å². The molecule has 4 heteroatoms. The minimum Gasteiger partial charge on any atom is -0.363 e. The van der Waals surface area contributed by atoms with Crippen molar-refractivity contribution in [3.63, 3.8) is 0 Å². The molecule has 0 atom stereocenters. The first-order chi connectivity index (χ1) is 13.0. The maximum Gasteiger partial charge on any atom is 0.253 e. The largest absolute Gasteiger partial charge is 0.363 e. The van der Waals surface area contributed by atoms with Crippen molar-refractivity contribution in [2.24, 2.45) is 0 Å². The van der Waals surface area contributed by atoms with Gasteiger partial charge in [-0.05, 0) is 55.5 Å². The number of rotatable bonds is 3. The summed E-state index contributed by atoms with van der Waals surface area (Å²) >= 11 is 0. The fraction of sp³-hybridized carbons (Fsp3) is 0.435. The molecular formula is C23H28N2O2. The molecule has 2 saturated heterocycles. The van der Waals surface area contributed by atoms with E-state index in [1.54, 1.807) is 0 Å². The highest BCUT2D eigenvalue weighted by Crippen LogP contribution is 2.33. The summed E-state index contributed by atoms with van der Waals surface area (Å²) in [5.41, 5.74) is 4.84. The van der Waals surface area contributed by atoms with E-state index in [0.717, 1.165) is 38.2 Å². The van der Waals surface area contributed by atoms with Crippen LogP contribution in [0.15, 0.2) is 48.5 Å². The van der Waals surface area contributed by atoms with E-state index in [-0.39, 0.29) is 18.1 Å². The number of likely N-dealkylation sites (tertiary alicyclic amines) is 1. The van der Waals surface area contributed by atoms with Crippen LogP contribution in [0.1, 0.15) is 29.5 Å². The third-order valence-corrected chi connectivity index (χ3v) is 6.06. The number of nitrogens with zero attached hydrogens (tertiary/aromatic N) is 2. The molecule has 1 spiro atoms. The Balaban J connectivity index is 1.40. The van der Waals surface area contributed by atoms with Gasteiger partial charge in [0.15, 0.2) is 0 Å². The Labute approximate surface area is 161 Å². The number of morpholine rings is 1. The average molecular weight is 364 g/mol. The van der Waals surface area contributed by atoms with Gasteiger partial charge < -0.3 is 9.64 Å². The fourth-order valence-corrected chi connectivity index (χ4v) is 4.14. The van der Waals surface area contributed by atoms with Crippen LogP contribution in [0.25, 0.3) is 0 Å². The van der Waals surface area contributed by atoms with E-state index >= 15 is 0 Å². The molecule has 0 N–H and O–H groups in total. The molecule has 0 radical (unpaired) electrons. The highest BCUT2D eigenvalue weighted by molar-refractivity contribution is 5.95. The smallest absolute Gasteiger partial charge is 0.253 e. The van der Waals surface area contributed by atoms with Gasteiger partial charge in [0.2, 0.25) is 0 Å². The van der Waals surface area contributed by atoms with Crippen molar-refractivity contribution in [2.45, 2.75) is 38.8 Å². The quantitative estimate of drug-likeness (QED) is 0.832. The van der Waals surface area contributed by atoms with E-state index in [4.69, 9.17) is 4.74 Å². The highest BCUT2D eigenvalue weighted by atomic mass is 16.5. The molecule has 2 aromatic carbocycles. The van der Waals surface area contributed by atoms with Crippen molar-refractivity contribution in [3.8, 4) is 0 Å². The van der Waals surface area contributed by atoms with Gasteiger partial charge in [0, 0.05) is 25.3 Å². The van der Waals surface area contributed by atoms with Gasteiger partial charge >= 0.3 is 0 Å². The van der Waals surface area contributed by atoms with E-state index in [1.165, 1.54) is 16.7 Å². The van der Waals surface area contributed by atoms with Gasteiger partial charge in [-0.2, -0.15) is 0 Å². The normalized spacial score (nSPS) is 20.2. The number of anilines is 1.